The van der Waals surface area contributed by atoms with Gasteiger partial charge in [0.25, 0.3) is 0 Å². The first-order chi connectivity index (χ1) is 10.6. The van der Waals surface area contributed by atoms with Crippen molar-refractivity contribution in [1.29, 1.82) is 0 Å². The summed E-state index contributed by atoms with van der Waals surface area (Å²) in [6, 6.07) is 6.60. The fraction of sp³-hybridized carbons (Fsp3) is 0.375. The maximum atomic E-state index is 13.8. The second-order valence-electron chi connectivity index (χ2n) is 5.54. The summed E-state index contributed by atoms with van der Waals surface area (Å²) in [5.41, 5.74) is 1.38. The van der Waals surface area contributed by atoms with Crippen LogP contribution in [0.15, 0.2) is 29.6 Å². The van der Waals surface area contributed by atoms with Gasteiger partial charge in [0, 0.05) is 24.0 Å². The highest BCUT2D eigenvalue weighted by Gasteiger charge is 2.25. The number of hydrogen-bond acceptors (Lipinski definition) is 4. The molecule has 3 rings (SSSR count). The van der Waals surface area contributed by atoms with Crippen LogP contribution in [0.4, 0.5) is 4.39 Å². The van der Waals surface area contributed by atoms with Gasteiger partial charge in [-0.3, -0.25) is 9.69 Å². The van der Waals surface area contributed by atoms with Crippen molar-refractivity contribution in [2.75, 3.05) is 13.1 Å². The van der Waals surface area contributed by atoms with Crippen LogP contribution in [0.3, 0.4) is 0 Å². The molecule has 1 aromatic heterocycles. The highest BCUT2D eigenvalue weighted by atomic mass is 32.1. The van der Waals surface area contributed by atoms with Gasteiger partial charge in [0.05, 0.1) is 11.6 Å². The molecule has 116 valence electrons. The number of rotatable bonds is 4. The number of thiazole rings is 1. The molecule has 1 saturated heterocycles. The second-order valence-corrected chi connectivity index (χ2v) is 6.39. The normalized spacial score (nSPS) is 19.2. The van der Waals surface area contributed by atoms with Crippen molar-refractivity contribution in [3.05, 3.63) is 41.2 Å². The molecule has 1 N–H and O–H groups in total. The number of carbonyl (C=O) groups is 1. The zero-order chi connectivity index (χ0) is 15.5. The van der Waals surface area contributed by atoms with E-state index in [1.165, 1.54) is 17.4 Å². The summed E-state index contributed by atoms with van der Waals surface area (Å²) in [4.78, 5) is 17.7. The predicted octanol–water partition coefficient (Wildman–Crippen LogP) is 3.25. The SMILES string of the molecule is O=C(O)C1CCCN(Cc2csc(-c3ccccc3F)n2)C1. The summed E-state index contributed by atoms with van der Waals surface area (Å²) >= 11 is 1.42. The van der Waals surface area contributed by atoms with E-state index in [0.717, 1.165) is 25.1 Å². The number of carboxylic acid groups (broad SMARTS) is 1. The third-order valence-corrected chi connectivity index (χ3v) is 4.82. The number of benzene rings is 1. The highest BCUT2D eigenvalue weighted by Crippen LogP contribution is 2.27. The van der Waals surface area contributed by atoms with Crippen LogP contribution in [0.25, 0.3) is 10.6 Å². The molecule has 1 atom stereocenters. The van der Waals surface area contributed by atoms with E-state index in [0.29, 0.717) is 23.7 Å². The molecule has 6 heteroatoms. The predicted molar refractivity (Wildman–Crippen MR) is 83.1 cm³/mol. The lowest BCUT2D eigenvalue weighted by Crippen LogP contribution is -2.38. The molecule has 0 radical (unpaired) electrons. The Balaban J connectivity index is 1.70. The fourth-order valence-corrected chi connectivity index (χ4v) is 3.61. The van der Waals surface area contributed by atoms with Gasteiger partial charge in [0.1, 0.15) is 10.8 Å². The van der Waals surface area contributed by atoms with Gasteiger partial charge in [-0.2, -0.15) is 0 Å². The monoisotopic (exact) mass is 320 g/mol. The summed E-state index contributed by atoms with van der Waals surface area (Å²) in [5.74, 6) is -1.29. The number of hydrogen-bond donors (Lipinski definition) is 1. The average molecular weight is 320 g/mol. The number of carboxylic acids is 1. The van der Waals surface area contributed by atoms with E-state index in [-0.39, 0.29) is 11.7 Å². The van der Waals surface area contributed by atoms with E-state index in [4.69, 9.17) is 5.11 Å². The summed E-state index contributed by atoms with van der Waals surface area (Å²) in [7, 11) is 0. The third kappa shape index (κ3) is 3.34. The lowest BCUT2D eigenvalue weighted by Gasteiger charge is -2.29. The zero-order valence-corrected chi connectivity index (χ0v) is 12.9. The first-order valence-corrected chi connectivity index (χ1v) is 8.16. The lowest BCUT2D eigenvalue weighted by atomic mass is 9.98. The highest BCUT2D eigenvalue weighted by molar-refractivity contribution is 7.13. The van der Waals surface area contributed by atoms with E-state index < -0.39 is 5.97 Å². The van der Waals surface area contributed by atoms with E-state index in [9.17, 15) is 9.18 Å². The van der Waals surface area contributed by atoms with Gasteiger partial charge in [0.15, 0.2) is 0 Å². The second kappa shape index (κ2) is 6.54. The molecule has 1 fully saturated rings. The van der Waals surface area contributed by atoms with Crippen molar-refractivity contribution in [3.63, 3.8) is 0 Å². The van der Waals surface area contributed by atoms with Gasteiger partial charge in [0.2, 0.25) is 0 Å². The Hall–Kier alpha value is -1.79. The van der Waals surface area contributed by atoms with Crippen molar-refractivity contribution < 1.29 is 14.3 Å². The van der Waals surface area contributed by atoms with Gasteiger partial charge in [-0.05, 0) is 31.5 Å². The van der Waals surface area contributed by atoms with E-state index in [2.05, 4.69) is 9.88 Å². The third-order valence-electron chi connectivity index (χ3n) is 3.90. The summed E-state index contributed by atoms with van der Waals surface area (Å²) in [6.07, 6.45) is 1.63. The smallest absolute Gasteiger partial charge is 0.307 e. The van der Waals surface area contributed by atoms with E-state index in [1.807, 2.05) is 5.38 Å². The van der Waals surface area contributed by atoms with Crippen LogP contribution < -0.4 is 0 Å². The van der Waals surface area contributed by atoms with Crippen molar-refractivity contribution in [2.45, 2.75) is 19.4 Å². The van der Waals surface area contributed by atoms with Gasteiger partial charge in [-0.1, -0.05) is 12.1 Å². The van der Waals surface area contributed by atoms with Crippen LogP contribution in [0.5, 0.6) is 0 Å². The van der Waals surface area contributed by atoms with E-state index >= 15 is 0 Å². The molecule has 0 spiro atoms. The Bertz CT molecular complexity index is 674. The number of aromatic nitrogens is 1. The number of aliphatic carboxylic acids is 1. The number of halogens is 1. The largest absolute Gasteiger partial charge is 0.481 e. The molecule has 1 aliphatic rings. The van der Waals surface area contributed by atoms with Crippen molar-refractivity contribution >= 4 is 17.3 Å². The van der Waals surface area contributed by atoms with Gasteiger partial charge < -0.3 is 5.11 Å². The number of nitrogens with zero attached hydrogens (tertiary/aromatic N) is 2. The Morgan fingerprint density at radius 2 is 2.27 bits per heavy atom. The minimum Gasteiger partial charge on any atom is -0.481 e. The fourth-order valence-electron chi connectivity index (χ4n) is 2.77. The van der Waals surface area contributed by atoms with Crippen molar-refractivity contribution in [2.24, 2.45) is 5.92 Å². The Morgan fingerprint density at radius 1 is 1.45 bits per heavy atom. The van der Waals surface area contributed by atoms with Crippen molar-refractivity contribution in [3.8, 4) is 10.6 Å². The van der Waals surface area contributed by atoms with Crippen LogP contribution in [0.1, 0.15) is 18.5 Å². The van der Waals surface area contributed by atoms with Crippen LogP contribution in [0.2, 0.25) is 0 Å². The van der Waals surface area contributed by atoms with Crippen molar-refractivity contribution in [1.82, 2.24) is 9.88 Å². The molecule has 0 amide bonds. The molecule has 4 nitrogen and oxygen atoms in total. The molecular formula is C16H17FN2O2S. The molecule has 0 bridgehead atoms. The van der Waals surface area contributed by atoms with Gasteiger partial charge >= 0.3 is 5.97 Å². The number of likely N-dealkylation sites (tertiary alicyclic amines) is 1. The minimum atomic E-state index is -0.727. The molecule has 1 aromatic carbocycles. The zero-order valence-electron chi connectivity index (χ0n) is 12.0. The standard InChI is InChI=1S/C16H17FN2O2S/c17-14-6-2-1-5-13(14)15-18-12(10-22-15)9-19-7-3-4-11(8-19)16(20)21/h1-2,5-6,10-11H,3-4,7-9H2,(H,20,21). The quantitative estimate of drug-likeness (QED) is 0.939. The summed E-state index contributed by atoms with van der Waals surface area (Å²) in [5, 5.41) is 11.7. The summed E-state index contributed by atoms with van der Waals surface area (Å²) < 4.78 is 13.8. The Kier molecular flexibility index (Phi) is 4.49. The maximum absolute atomic E-state index is 13.8. The van der Waals surface area contributed by atoms with Crippen LogP contribution in [-0.4, -0.2) is 34.0 Å². The summed E-state index contributed by atoms with van der Waals surface area (Å²) in [6.45, 7) is 2.06. The van der Waals surface area contributed by atoms with Crippen LogP contribution >= 0.6 is 11.3 Å². The molecule has 2 heterocycles. The molecule has 1 aliphatic heterocycles. The first kappa shape index (κ1) is 15.1. The Morgan fingerprint density at radius 3 is 3.05 bits per heavy atom. The van der Waals surface area contributed by atoms with Crippen LogP contribution in [-0.2, 0) is 11.3 Å². The number of piperidine rings is 1. The maximum Gasteiger partial charge on any atom is 0.307 e. The molecular weight excluding hydrogens is 303 g/mol. The van der Waals surface area contributed by atoms with Crippen LogP contribution in [0, 0.1) is 11.7 Å². The Labute approximate surface area is 132 Å². The minimum absolute atomic E-state index is 0.271. The molecule has 0 saturated carbocycles. The lowest BCUT2D eigenvalue weighted by molar-refractivity contribution is -0.143. The molecule has 2 aromatic rings. The first-order valence-electron chi connectivity index (χ1n) is 7.28. The van der Waals surface area contributed by atoms with E-state index in [1.54, 1.807) is 18.2 Å². The molecule has 1 unspecified atom stereocenters. The topological polar surface area (TPSA) is 53.4 Å². The van der Waals surface area contributed by atoms with Gasteiger partial charge in [-0.25, -0.2) is 9.37 Å². The molecule has 0 aliphatic carbocycles. The molecule has 22 heavy (non-hydrogen) atoms. The van der Waals surface area contributed by atoms with Gasteiger partial charge in [-0.15, -0.1) is 11.3 Å². The average Bonchev–Trinajstić information content (AvgIpc) is 2.96.